The first-order chi connectivity index (χ1) is 17.0. The molecule has 0 spiro atoms. The van der Waals surface area contributed by atoms with E-state index in [1.54, 1.807) is 36.4 Å². The van der Waals surface area contributed by atoms with Crippen LogP contribution < -0.4 is 0 Å². The van der Waals surface area contributed by atoms with Gasteiger partial charge in [0.2, 0.25) is 0 Å². The molecule has 1 aliphatic rings. The standard InChI is InChI=1S/C31H23FO3/c32-23-17-15-22(16-18-23)31(35)28-25-14-8-7-13-24(25)26(19-27(33)20-9-3-1-4-10-20)29(28)30(34)21-11-5-2-6-12-21/h1-18,26,28-29H,19H2/t26-,28-,29-/m1/s1. The average molecular weight is 463 g/mol. The molecule has 0 aromatic heterocycles. The highest BCUT2D eigenvalue weighted by Crippen LogP contribution is 2.51. The van der Waals surface area contributed by atoms with Crippen molar-refractivity contribution in [1.82, 2.24) is 0 Å². The molecule has 4 heteroatoms. The van der Waals surface area contributed by atoms with E-state index in [4.69, 9.17) is 0 Å². The van der Waals surface area contributed by atoms with Gasteiger partial charge in [-0.15, -0.1) is 0 Å². The Morgan fingerprint density at radius 3 is 1.71 bits per heavy atom. The third kappa shape index (κ3) is 4.35. The van der Waals surface area contributed by atoms with E-state index < -0.39 is 23.6 Å². The van der Waals surface area contributed by atoms with Crippen LogP contribution in [0.2, 0.25) is 0 Å². The highest BCUT2D eigenvalue weighted by molar-refractivity contribution is 6.09. The first-order valence-corrected chi connectivity index (χ1v) is 11.6. The van der Waals surface area contributed by atoms with Crippen LogP contribution in [0.5, 0.6) is 0 Å². The molecule has 4 aromatic carbocycles. The molecule has 5 rings (SSSR count). The van der Waals surface area contributed by atoms with Gasteiger partial charge >= 0.3 is 0 Å². The fourth-order valence-corrected chi connectivity index (χ4v) is 5.16. The molecule has 0 aliphatic heterocycles. The SMILES string of the molecule is O=C(C[C@@H]1c2ccccc2[C@@H](C(=O)c2ccc(F)cc2)[C@@H]1C(=O)c1ccccc1)c1ccccc1. The van der Waals surface area contributed by atoms with Gasteiger partial charge in [-0.05, 0) is 35.4 Å². The van der Waals surface area contributed by atoms with Crippen LogP contribution in [-0.4, -0.2) is 17.3 Å². The van der Waals surface area contributed by atoms with E-state index >= 15 is 0 Å². The zero-order valence-electron chi connectivity index (χ0n) is 18.9. The number of halogens is 1. The number of rotatable bonds is 7. The fraction of sp³-hybridized carbons (Fsp3) is 0.129. The Labute approximate surface area is 203 Å². The van der Waals surface area contributed by atoms with Gasteiger partial charge in [0.05, 0.1) is 5.92 Å². The molecule has 0 bridgehead atoms. The van der Waals surface area contributed by atoms with Gasteiger partial charge in [-0.25, -0.2) is 4.39 Å². The Balaban J connectivity index is 1.61. The largest absolute Gasteiger partial charge is 0.294 e. The predicted octanol–water partition coefficient (Wildman–Crippen LogP) is 6.66. The summed E-state index contributed by atoms with van der Waals surface area (Å²) in [5.41, 5.74) is 3.00. The third-order valence-electron chi connectivity index (χ3n) is 6.80. The molecule has 172 valence electrons. The summed E-state index contributed by atoms with van der Waals surface area (Å²) in [4.78, 5) is 41.0. The van der Waals surface area contributed by atoms with Crippen LogP contribution in [0.3, 0.4) is 0 Å². The smallest absolute Gasteiger partial charge is 0.171 e. The molecule has 0 fully saturated rings. The first-order valence-electron chi connectivity index (χ1n) is 11.6. The van der Waals surface area contributed by atoms with Crippen LogP contribution in [0.4, 0.5) is 4.39 Å². The van der Waals surface area contributed by atoms with E-state index in [1.165, 1.54) is 24.3 Å². The van der Waals surface area contributed by atoms with Crippen molar-refractivity contribution in [3.8, 4) is 0 Å². The van der Waals surface area contributed by atoms with Crippen molar-refractivity contribution in [2.24, 2.45) is 5.92 Å². The van der Waals surface area contributed by atoms with Gasteiger partial charge in [-0.2, -0.15) is 0 Å². The van der Waals surface area contributed by atoms with Crippen molar-refractivity contribution in [3.63, 3.8) is 0 Å². The number of benzene rings is 4. The Morgan fingerprint density at radius 2 is 1.09 bits per heavy atom. The summed E-state index contributed by atoms with van der Waals surface area (Å²) in [5.74, 6) is -2.91. The summed E-state index contributed by atoms with van der Waals surface area (Å²) in [6, 6.07) is 30.7. The van der Waals surface area contributed by atoms with Gasteiger partial charge in [0.15, 0.2) is 17.3 Å². The molecule has 0 amide bonds. The molecule has 0 unspecified atom stereocenters. The number of hydrogen-bond acceptors (Lipinski definition) is 3. The lowest BCUT2D eigenvalue weighted by Crippen LogP contribution is -2.29. The van der Waals surface area contributed by atoms with E-state index in [-0.39, 0.29) is 23.8 Å². The molecule has 0 heterocycles. The van der Waals surface area contributed by atoms with Crippen LogP contribution in [0.1, 0.15) is 60.5 Å². The van der Waals surface area contributed by atoms with E-state index in [0.29, 0.717) is 16.7 Å². The quantitative estimate of drug-likeness (QED) is 0.289. The molecule has 1 aliphatic carbocycles. The van der Waals surface area contributed by atoms with Gasteiger partial charge < -0.3 is 0 Å². The summed E-state index contributed by atoms with van der Waals surface area (Å²) >= 11 is 0. The van der Waals surface area contributed by atoms with Crippen molar-refractivity contribution in [2.45, 2.75) is 18.3 Å². The van der Waals surface area contributed by atoms with E-state index in [1.807, 2.05) is 48.5 Å². The van der Waals surface area contributed by atoms with Crippen molar-refractivity contribution < 1.29 is 18.8 Å². The second-order valence-electron chi connectivity index (χ2n) is 8.83. The number of hydrogen-bond donors (Lipinski definition) is 0. The summed E-state index contributed by atoms with van der Waals surface area (Å²) in [5, 5.41) is 0. The second kappa shape index (κ2) is 9.59. The van der Waals surface area contributed by atoms with E-state index in [2.05, 4.69) is 0 Å². The average Bonchev–Trinajstić information content (AvgIpc) is 3.23. The number of fused-ring (bicyclic) bond motifs is 1. The van der Waals surface area contributed by atoms with Gasteiger partial charge in [0, 0.05) is 34.9 Å². The summed E-state index contributed by atoms with van der Waals surface area (Å²) < 4.78 is 13.6. The normalized spacial score (nSPS) is 18.6. The van der Waals surface area contributed by atoms with Crippen LogP contribution in [-0.2, 0) is 0 Å². The van der Waals surface area contributed by atoms with Crippen LogP contribution in [0.15, 0.2) is 109 Å². The molecule has 3 nitrogen and oxygen atoms in total. The van der Waals surface area contributed by atoms with Gasteiger partial charge in [0.1, 0.15) is 5.82 Å². The lowest BCUT2D eigenvalue weighted by Gasteiger charge is -2.24. The molecule has 0 radical (unpaired) electrons. The molecular weight excluding hydrogens is 439 g/mol. The molecule has 0 saturated carbocycles. The van der Waals surface area contributed by atoms with Crippen molar-refractivity contribution in [3.05, 3.63) is 143 Å². The van der Waals surface area contributed by atoms with Crippen molar-refractivity contribution >= 4 is 17.3 Å². The van der Waals surface area contributed by atoms with Crippen molar-refractivity contribution in [2.75, 3.05) is 0 Å². The Bertz CT molecular complexity index is 1380. The van der Waals surface area contributed by atoms with Gasteiger partial charge in [-0.1, -0.05) is 84.9 Å². The molecule has 35 heavy (non-hydrogen) atoms. The van der Waals surface area contributed by atoms with E-state index in [9.17, 15) is 18.8 Å². The number of carbonyl (C=O) groups excluding carboxylic acids is 3. The maximum Gasteiger partial charge on any atom is 0.171 e. The van der Waals surface area contributed by atoms with Crippen molar-refractivity contribution in [1.29, 1.82) is 0 Å². The minimum Gasteiger partial charge on any atom is -0.294 e. The number of carbonyl (C=O) groups is 3. The van der Waals surface area contributed by atoms with Crippen LogP contribution in [0.25, 0.3) is 0 Å². The summed E-state index contributed by atoms with van der Waals surface area (Å²) in [7, 11) is 0. The number of Topliss-reactive ketones (excluding diaryl/α,β-unsaturated/α-hetero) is 3. The molecular formula is C31H23FO3. The van der Waals surface area contributed by atoms with Gasteiger partial charge in [0.25, 0.3) is 0 Å². The third-order valence-corrected chi connectivity index (χ3v) is 6.80. The Hall–Kier alpha value is -4.18. The summed E-state index contributed by atoms with van der Waals surface area (Å²) in [6.07, 6.45) is 0.109. The highest BCUT2D eigenvalue weighted by Gasteiger charge is 2.48. The lowest BCUT2D eigenvalue weighted by molar-refractivity contribution is 0.0799. The monoisotopic (exact) mass is 462 g/mol. The topological polar surface area (TPSA) is 51.2 Å². The molecule has 0 N–H and O–H groups in total. The minimum absolute atomic E-state index is 0.0776. The Kier molecular flexibility index (Phi) is 6.19. The lowest BCUT2D eigenvalue weighted by atomic mass is 9.76. The zero-order chi connectivity index (χ0) is 24.4. The van der Waals surface area contributed by atoms with Crippen LogP contribution in [0, 0.1) is 11.7 Å². The van der Waals surface area contributed by atoms with Crippen LogP contribution >= 0.6 is 0 Å². The minimum atomic E-state index is -0.766. The summed E-state index contributed by atoms with van der Waals surface area (Å²) in [6.45, 7) is 0. The molecule has 4 aromatic rings. The number of ketones is 3. The highest BCUT2D eigenvalue weighted by atomic mass is 19.1. The molecule has 0 saturated heterocycles. The van der Waals surface area contributed by atoms with E-state index in [0.717, 1.165) is 11.1 Å². The maximum absolute atomic E-state index is 13.9. The van der Waals surface area contributed by atoms with Gasteiger partial charge in [-0.3, -0.25) is 14.4 Å². The zero-order valence-corrected chi connectivity index (χ0v) is 18.9. The predicted molar refractivity (Wildman–Crippen MR) is 132 cm³/mol. The fourth-order valence-electron chi connectivity index (χ4n) is 5.16. The first kappa shape index (κ1) is 22.6. The second-order valence-corrected chi connectivity index (χ2v) is 8.83. The molecule has 3 atom stereocenters. The maximum atomic E-state index is 13.9. The Morgan fingerprint density at radius 1 is 0.571 bits per heavy atom.